The molecular formula is C19H23N3O2. The van der Waals surface area contributed by atoms with Gasteiger partial charge in [-0.25, -0.2) is 0 Å². The highest BCUT2D eigenvalue weighted by Gasteiger charge is 2.21. The zero-order valence-corrected chi connectivity index (χ0v) is 13.7. The van der Waals surface area contributed by atoms with Crippen LogP contribution in [-0.2, 0) is 16.0 Å². The van der Waals surface area contributed by atoms with E-state index >= 15 is 0 Å². The molecule has 0 aliphatic carbocycles. The van der Waals surface area contributed by atoms with Gasteiger partial charge < -0.3 is 16.4 Å². The fourth-order valence-electron chi connectivity index (χ4n) is 2.36. The van der Waals surface area contributed by atoms with E-state index in [1.807, 2.05) is 48.5 Å². The quantitative estimate of drug-likeness (QED) is 0.729. The molecule has 4 N–H and O–H groups in total. The summed E-state index contributed by atoms with van der Waals surface area (Å²) >= 11 is 0. The molecule has 2 rings (SSSR count). The number of anilines is 1. The number of hydrogen-bond donors (Lipinski definition) is 3. The van der Waals surface area contributed by atoms with E-state index in [9.17, 15) is 9.59 Å². The minimum absolute atomic E-state index is 0.184. The molecule has 0 aliphatic heterocycles. The fourth-order valence-corrected chi connectivity index (χ4v) is 2.36. The Labute approximate surface area is 142 Å². The Kier molecular flexibility index (Phi) is 6.51. The molecule has 2 amide bonds. The lowest BCUT2D eigenvalue weighted by Crippen LogP contribution is -2.46. The van der Waals surface area contributed by atoms with Gasteiger partial charge in [0.25, 0.3) is 0 Å². The maximum atomic E-state index is 12.6. The molecule has 0 radical (unpaired) electrons. The fraction of sp³-hybridized carbons (Fsp3) is 0.263. The van der Waals surface area contributed by atoms with Crippen LogP contribution in [0.1, 0.15) is 18.9 Å². The van der Waals surface area contributed by atoms with Crippen LogP contribution in [0.5, 0.6) is 0 Å². The van der Waals surface area contributed by atoms with Crippen LogP contribution in [0.4, 0.5) is 5.69 Å². The monoisotopic (exact) mass is 325 g/mol. The second-order valence-electron chi connectivity index (χ2n) is 5.85. The van der Waals surface area contributed by atoms with Crippen molar-refractivity contribution in [2.75, 3.05) is 5.32 Å². The predicted molar refractivity (Wildman–Crippen MR) is 95.4 cm³/mol. The van der Waals surface area contributed by atoms with Crippen molar-refractivity contribution in [3.05, 3.63) is 66.2 Å². The molecule has 126 valence electrons. The zero-order valence-electron chi connectivity index (χ0n) is 13.7. The molecule has 24 heavy (non-hydrogen) atoms. The number of nitrogens with one attached hydrogen (secondary N) is 2. The minimum Gasteiger partial charge on any atom is -0.344 e. The Balaban J connectivity index is 2.08. The van der Waals surface area contributed by atoms with Crippen LogP contribution in [0.15, 0.2) is 60.7 Å². The molecule has 0 aliphatic rings. The molecule has 0 heterocycles. The summed E-state index contributed by atoms with van der Waals surface area (Å²) in [5.74, 6) is -0.475. The molecule has 0 bridgehead atoms. The summed E-state index contributed by atoms with van der Waals surface area (Å²) in [6, 6.07) is 17.9. The average molecular weight is 325 g/mol. The third-order valence-corrected chi connectivity index (χ3v) is 3.48. The van der Waals surface area contributed by atoms with Crippen LogP contribution in [0.2, 0.25) is 0 Å². The van der Waals surface area contributed by atoms with E-state index < -0.39 is 6.04 Å². The minimum atomic E-state index is -0.654. The lowest BCUT2D eigenvalue weighted by Gasteiger charge is -2.19. The van der Waals surface area contributed by atoms with E-state index in [1.54, 1.807) is 19.1 Å². The van der Waals surface area contributed by atoms with Gasteiger partial charge in [0.15, 0.2) is 0 Å². The second-order valence-corrected chi connectivity index (χ2v) is 5.85. The van der Waals surface area contributed by atoms with Crippen molar-refractivity contribution in [1.82, 2.24) is 5.32 Å². The predicted octanol–water partition coefficient (Wildman–Crippen LogP) is 2.09. The number of para-hydroxylation sites is 1. The van der Waals surface area contributed by atoms with Crippen molar-refractivity contribution in [1.29, 1.82) is 0 Å². The van der Waals surface area contributed by atoms with Gasteiger partial charge in [-0.1, -0.05) is 48.5 Å². The number of benzene rings is 2. The largest absolute Gasteiger partial charge is 0.344 e. The number of carbonyl (C=O) groups excluding carboxylic acids is 2. The molecule has 5 nitrogen and oxygen atoms in total. The molecule has 0 saturated heterocycles. The van der Waals surface area contributed by atoms with E-state index in [4.69, 9.17) is 5.73 Å². The topological polar surface area (TPSA) is 84.2 Å². The van der Waals surface area contributed by atoms with Crippen LogP contribution >= 0.6 is 0 Å². The number of carbonyl (C=O) groups is 2. The zero-order chi connectivity index (χ0) is 17.4. The first kappa shape index (κ1) is 17.7. The van der Waals surface area contributed by atoms with E-state index in [0.717, 1.165) is 5.56 Å². The van der Waals surface area contributed by atoms with Crippen LogP contribution < -0.4 is 16.4 Å². The number of amides is 2. The molecule has 0 fully saturated rings. The number of hydrogen-bond acceptors (Lipinski definition) is 3. The van der Waals surface area contributed by atoms with E-state index in [-0.39, 0.29) is 24.3 Å². The summed E-state index contributed by atoms with van der Waals surface area (Å²) in [6.45, 7) is 1.76. The Bertz CT molecular complexity index is 657. The van der Waals surface area contributed by atoms with Crippen molar-refractivity contribution in [3.8, 4) is 0 Å². The van der Waals surface area contributed by atoms with Gasteiger partial charge >= 0.3 is 0 Å². The van der Waals surface area contributed by atoms with E-state index in [2.05, 4.69) is 10.6 Å². The van der Waals surface area contributed by atoms with Gasteiger partial charge in [-0.05, 0) is 24.6 Å². The van der Waals surface area contributed by atoms with Gasteiger partial charge in [-0.15, -0.1) is 0 Å². The van der Waals surface area contributed by atoms with E-state index in [0.29, 0.717) is 12.1 Å². The van der Waals surface area contributed by atoms with Crippen molar-refractivity contribution in [2.45, 2.75) is 31.8 Å². The smallest absolute Gasteiger partial charge is 0.247 e. The first-order valence-corrected chi connectivity index (χ1v) is 7.99. The number of rotatable bonds is 7. The van der Waals surface area contributed by atoms with Crippen LogP contribution in [0.3, 0.4) is 0 Å². The Morgan fingerprint density at radius 1 is 1.00 bits per heavy atom. The van der Waals surface area contributed by atoms with Crippen LogP contribution in [0.25, 0.3) is 0 Å². The van der Waals surface area contributed by atoms with Gasteiger partial charge in [-0.3, -0.25) is 9.59 Å². The summed E-state index contributed by atoms with van der Waals surface area (Å²) in [5.41, 5.74) is 7.33. The second kappa shape index (κ2) is 8.84. The lowest BCUT2D eigenvalue weighted by molar-refractivity contribution is -0.126. The molecular weight excluding hydrogens is 302 g/mol. The Morgan fingerprint density at radius 3 is 2.17 bits per heavy atom. The van der Waals surface area contributed by atoms with Gasteiger partial charge in [0.05, 0.1) is 0 Å². The van der Waals surface area contributed by atoms with Crippen molar-refractivity contribution < 1.29 is 9.59 Å². The summed E-state index contributed by atoms with van der Waals surface area (Å²) in [6.07, 6.45) is 0.605. The standard InChI is InChI=1S/C19H23N3O2/c1-14(20)12-18(23)22-17(13-15-8-4-2-5-9-15)19(24)21-16-10-6-3-7-11-16/h2-11,14,17H,12-13,20H2,1H3,(H,21,24)(H,22,23). The van der Waals surface area contributed by atoms with Crippen molar-refractivity contribution in [3.63, 3.8) is 0 Å². The summed E-state index contributed by atoms with van der Waals surface area (Å²) in [4.78, 5) is 24.6. The molecule has 0 saturated carbocycles. The van der Waals surface area contributed by atoms with Crippen LogP contribution in [-0.4, -0.2) is 23.9 Å². The maximum absolute atomic E-state index is 12.6. The highest BCUT2D eigenvalue weighted by molar-refractivity contribution is 5.97. The van der Waals surface area contributed by atoms with Gasteiger partial charge in [0, 0.05) is 24.6 Å². The molecule has 0 spiro atoms. The maximum Gasteiger partial charge on any atom is 0.247 e. The molecule has 0 aromatic heterocycles. The van der Waals surface area contributed by atoms with E-state index in [1.165, 1.54) is 0 Å². The lowest BCUT2D eigenvalue weighted by atomic mass is 10.0. The van der Waals surface area contributed by atoms with Gasteiger partial charge in [0.2, 0.25) is 11.8 Å². The highest BCUT2D eigenvalue weighted by Crippen LogP contribution is 2.09. The molecule has 2 aromatic rings. The van der Waals surface area contributed by atoms with Crippen molar-refractivity contribution in [2.24, 2.45) is 5.73 Å². The third kappa shape index (κ3) is 5.85. The number of nitrogens with two attached hydrogens (primary N) is 1. The third-order valence-electron chi connectivity index (χ3n) is 3.48. The normalized spacial score (nSPS) is 12.9. The van der Waals surface area contributed by atoms with Crippen molar-refractivity contribution >= 4 is 17.5 Å². The summed E-state index contributed by atoms with van der Waals surface area (Å²) < 4.78 is 0. The van der Waals surface area contributed by atoms with Gasteiger partial charge in [0.1, 0.15) is 6.04 Å². The molecule has 5 heteroatoms. The Hall–Kier alpha value is -2.66. The molecule has 2 aromatic carbocycles. The highest BCUT2D eigenvalue weighted by atomic mass is 16.2. The van der Waals surface area contributed by atoms with Crippen LogP contribution in [0, 0.1) is 0 Å². The Morgan fingerprint density at radius 2 is 1.58 bits per heavy atom. The SMILES string of the molecule is CC(N)CC(=O)NC(Cc1ccccc1)C(=O)Nc1ccccc1. The average Bonchev–Trinajstić information content (AvgIpc) is 2.55. The molecule has 2 unspecified atom stereocenters. The molecule has 2 atom stereocenters. The first-order chi connectivity index (χ1) is 11.5. The first-order valence-electron chi connectivity index (χ1n) is 7.99. The summed E-state index contributed by atoms with van der Waals surface area (Å²) in [7, 11) is 0. The van der Waals surface area contributed by atoms with Gasteiger partial charge in [-0.2, -0.15) is 0 Å². The summed E-state index contributed by atoms with van der Waals surface area (Å²) in [5, 5.41) is 5.62.